The molecule has 1 heterocycles. The molecule has 0 aromatic heterocycles. The molecule has 1 rings (SSSR count). The Morgan fingerprint density at radius 2 is 2.12 bits per heavy atom. The van der Waals surface area contributed by atoms with Gasteiger partial charge in [-0.1, -0.05) is 13.3 Å². The summed E-state index contributed by atoms with van der Waals surface area (Å²) in [6, 6.07) is 1.31. The van der Waals surface area contributed by atoms with Gasteiger partial charge in [0.05, 0.1) is 6.61 Å². The van der Waals surface area contributed by atoms with Gasteiger partial charge in [0, 0.05) is 31.8 Å². The zero-order valence-corrected chi connectivity index (χ0v) is 11.9. The summed E-state index contributed by atoms with van der Waals surface area (Å²) in [4.78, 5) is 2.54. The third-order valence-corrected chi connectivity index (χ3v) is 3.47. The molecule has 3 nitrogen and oxygen atoms in total. The molecule has 0 bridgehead atoms. The lowest BCUT2D eigenvalue weighted by molar-refractivity contribution is 0.0862. The first-order valence-electron chi connectivity index (χ1n) is 7.29. The quantitative estimate of drug-likeness (QED) is 0.661. The highest BCUT2D eigenvalue weighted by Gasteiger charge is 2.18. The van der Waals surface area contributed by atoms with Gasteiger partial charge in [-0.3, -0.25) is 4.90 Å². The maximum absolute atomic E-state index is 5.59. The smallest absolute Gasteiger partial charge is 0.0593 e. The van der Waals surface area contributed by atoms with Crippen LogP contribution in [0.2, 0.25) is 0 Å². The fourth-order valence-electron chi connectivity index (χ4n) is 2.35. The van der Waals surface area contributed by atoms with Gasteiger partial charge in [0.2, 0.25) is 0 Å². The summed E-state index contributed by atoms with van der Waals surface area (Å²) in [6.45, 7) is 11.9. The van der Waals surface area contributed by atoms with Crippen LogP contribution < -0.4 is 5.32 Å². The minimum Gasteiger partial charge on any atom is -0.380 e. The van der Waals surface area contributed by atoms with Crippen LogP contribution in [0.15, 0.2) is 0 Å². The van der Waals surface area contributed by atoms with Gasteiger partial charge in [-0.25, -0.2) is 0 Å². The van der Waals surface area contributed by atoms with Crippen LogP contribution >= 0.6 is 0 Å². The maximum Gasteiger partial charge on any atom is 0.0593 e. The number of ether oxygens (including phenoxy) is 1. The monoisotopic (exact) mass is 242 g/mol. The van der Waals surface area contributed by atoms with Crippen molar-refractivity contribution in [1.29, 1.82) is 0 Å². The lowest BCUT2D eigenvalue weighted by Crippen LogP contribution is -2.46. The fourth-order valence-corrected chi connectivity index (χ4v) is 2.35. The topological polar surface area (TPSA) is 24.5 Å². The van der Waals surface area contributed by atoms with Crippen LogP contribution in [0.3, 0.4) is 0 Å². The van der Waals surface area contributed by atoms with Crippen LogP contribution in [-0.4, -0.2) is 49.8 Å². The molecule has 17 heavy (non-hydrogen) atoms. The molecule has 1 saturated heterocycles. The van der Waals surface area contributed by atoms with Crippen molar-refractivity contribution in [3.63, 3.8) is 0 Å². The van der Waals surface area contributed by atoms with Gasteiger partial charge >= 0.3 is 0 Å². The predicted molar refractivity (Wildman–Crippen MR) is 73.5 cm³/mol. The average molecular weight is 242 g/mol. The minimum absolute atomic E-state index is 0.615. The molecular weight excluding hydrogens is 212 g/mol. The van der Waals surface area contributed by atoms with Crippen LogP contribution in [0.5, 0.6) is 0 Å². The third kappa shape index (κ3) is 6.39. The van der Waals surface area contributed by atoms with Crippen molar-refractivity contribution < 1.29 is 4.74 Å². The number of hydrogen-bond donors (Lipinski definition) is 1. The standard InChI is InChI=1S/C14H30N2O/c1-4-10-17-11-9-16(13(2)3)12-14-7-5-6-8-15-14/h13-15H,4-12H2,1-3H3. The molecule has 3 heteroatoms. The molecule has 0 spiro atoms. The van der Waals surface area contributed by atoms with Gasteiger partial charge in [0.25, 0.3) is 0 Å². The van der Waals surface area contributed by atoms with Gasteiger partial charge in [-0.2, -0.15) is 0 Å². The van der Waals surface area contributed by atoms with E-state index in [-0.39, 0.29) is 0 Å². The Kier molecular flexibility index (Phi) is 7.82. The van der Waals surface area contributed by atoms with Crippen molar-refractivity contribution in [2.45, 2.75) is 58.5 Å². The molecule has 0 radical (unpaired) electrons. The number of hydrogen-bond acceptors (Lipinski definition) is 3. The van der Waals surface area contributed by atoms with E-state index in [1.54, 1.807) is 0 Å². The highest BCUT2D eigenvalue weighted by molar-refractivity contribution is 4.77. The van der Waals surface area contributed by atoms with Gasteiger partial charge in [0.15, 0.2) is 0 Å². The molecule has 0 amide bonds. The van der Waals surface area contributed by atoms with Crippen LogP contribution in [0.1, 0.15) is 46.5 Å². The van der Waals surface area contributed by atoms with Crippen LogP contribution in [0.25, 0.3) is 0 Å². The van der Waals surface area contributed by atoms with E-state index < -0.39 is 0 Å². The van der Waals surface area contributed by atoms with E-state index in [2.05, 4.69) is 31.0 Å². The Morgan fingerprint density at radius 1 is 1.29 bits per heavy atom. The zero-order valence-electron chi connectivity index (χ0n) is 11.9. The second-order valence-corrected chi connectivity index (χ2v) is 5.35. The Morgan fingerprint density at radius 3 is 2.71 bits per heavy atom. The molecule has 1 fully saturated rings. The first kappa shape index (κ1) is 14.9. The predicted octanol–water partition coefficient (Wildman–Crippen LogP) is 2.27. The van der Waals surface area contributed by atoms with Crippen LogP contribution in [-0.2, 0) is 4.74 Å². The Labute approximate surface area is 107 Å². The Hall–Kier alpha value is -0.120. The molecular formula is C14H30N2O. The Balaban J connectivity index is 2.21. The van der Waals surface area contributed by atoms with Crippen molar-refractivity contribution in [2.75, 3.05) is 32.8 Å². The molecule has 0 aromatic carbocycles. The van der Waals surface area contributed by atoms with Gasteiger partial charge < -0.3 is 10.1 Å². The van der Waals surface area contributed by atoms with Crippen molar-refractivity contribution >= 4 is 0 Å². The van der Waals surface area contributed by atoms with Crippen molar-refractivity contribution in [1.82, 2.24) is 10.2 Å². The zero-order chi connectivity index (χ0) is 12.5. The summed E-state index contributed by atoms with van der Waals surface area (Å²) in [5.74, 6) is 0. The first-order valence-corrected chi connectivity index (χ1v) is 7.29. The molecule has 1 N–H and O–H groups in total. The second kappa shape index (κ2) is 8.90. The van der Waals surface area contributed by atoms with Crippen LogP contribution in [0, 0.1) is 0 Å². The van der Waals surface area contributed by atoms with E-state index in [0.29, 0.717) is 12.1 Å². The van der Waals surface area contributed by atoms with Crippen molar-refractivity contribution in [3.8, 4) is 0 Å². The molecule has 1 aliphatic heterocycles. The summed E-state index contributed by atoms with van der Waals surface area (Å²) in [5.41, 5.74) is 0. The number of nitrogens with zero attached hydrogens (tertiary/aromatic N) is 1. The minimum atomic E-state index is 0.615. The highest BCUT2D eigenvalue weighted by Crippen LogP contribution is 2.10. The van der Waals surface area contributed by atoms with E-state index in [1.807, 2.05) is 0 Å². The molecule has 0 aromatic rings. The normalized spacial score (nSPS) is 21.4. The second-order valence-electron chi connectivity index (χ2n) is 5.35. The van der Waals surface area contributed by atoms with Crippen molar-refractivity contribution in [3.05, 3.63) is 0 Å². The van der Waals surface area contributed by atoms with E-state index >= 15 is 0 Å². The number of piperidine rings is 1. The molecule has 102 valence electrons. The molecule has 0 saturated carbocycles. The van der Waals surface area contributed by atoms with E-state index in [0.717, 1.165) is 26.2 Å². The van der Waals surface area contributed by atoms with Gasteiger partial charge in [0.1, 0.15) is 0 Å². The number of nitrogens with one attached hydrogen (secondary N) is 1. The van der Waals surface area contributed by atoms with Crippen LogP contribution in [0.4, 0.5) is 0 Å². The molecule has 1 aliphatic rings. The summed E-state index contributed by atoms with van der Waals surface area (Å²) < 4.78 is 5.59. The van der Waals surface area contributed by atoms with E-state index in [4.69, 9.17) is 4.74 Å². The van der Waals surface area contributed by atoms with Gasteiger partial charge in [-0.15, -0.1) is 0 Å². The average Bonchev–Trinajstić information content (AvgIpc) is 2.34. The van der Waals surface area contributed by atoms with E-state index in [1.165, 1.54) is 32.4 Å². The summed E-state index contributed by atoms with van der Waals surface area (Å²) in [7, 11) is 0. The lowest BCUT2D eigenvalue weighted by atomic mass is 10.0. The highest BCUT2D eigenvalue weighted by atomic mass is 16.5. The molecule has 1 unspecified atom stereocenters. The van der Waals surface area contributed by atoms with Gasteiger partial charge in [-0.05, 0) is 39.7 Å². The molecule has 0 aliphatic carbocycles. The summed E-state index contributed by atoms with van der Waals surface area (Å²) in [6.07, 6.45) is 5.18. The van der Waals surface area contributed by atoms with E-state index in [9.17, 15) is 0 Å². The SMILES string of the molecule is CCCOCCN(CC1CCCCN1)C(C)C. The summed E-state index contributed by atoms with van der Waals surface area (Å²) in [5, 5.41) is 3.62. The van der Waals surface area contributed by atoms with Crippen molar-refractivity contribution in [2.24, 2.45) is 0 Å². The largest absolute Gasteiger partial charge is 0.380 e. The lowest BCUT2D eigenvalue weighted by Gasteiger charge is -2.33. The third-order valence-electron chi connectivity index (χ3n) is 3.47. The maximum atomic E-state index is 5.59. The molecule has 1 atom stereocenters. The Bertz CT molecular complexity index is 179. The fraction of sp³-hybridized carbons (Fsp3) is 1.00. The number of rotatable bonds is 8. The first-order chi connectivity index (χ1) is 8.24. The summed E-state index contributed by atoms with van der Waals surface area (Å²) >= 11 is 0.